The Kier molecular flexibility index (Phi) is 5.10. The molecule has 1 aliphatic rings. The van der Waals surface area contributed by atoms with Crippen LogP contribution in [0.15, 0.2) is 60.8 Å². The zero-order chi connectivity index (χ0) is 22.2. The number of carbonyl (C=O) groups is 1. The van der Waals surface area contributed by atoms with Crippen molar-refractivity contribution in [3.8, 4) is 11.3 Å². The number of imidazole rings is 1. The van der Waals surface area contributed by atoms with E-state index in [-0.39, 0.29) is 11.6 Å². The number of para-hydroxylation sites is 1. The number of thiazole rings is 1. The molecule has 9 heteroatoms. The molecule has 0 bridgehead atoms. The molecule has 2 aromatic carbocycles. The number of aromatic nitrogens is 2. The van der Waals surface area contributed by atoms with Gasteiger partial charge in [-0.3, -0.25) is 19.3 Å². The molecule has 5 rings (SSSR count). The molecule has 3 heterocycles. The number of fused-ring (bicyclic) bond motifs is 1. The van der Waals surface area contributed by atoms with Crippen LogP contribution in [0.1, 0.15) is 15.4 Å². The number of nitrogens with zero attached hydrogens (tertiary/aromatic N) is 5. The predicted molar refractivity (Wildman–Crippen MR) is 124 cm³/mol. The maximum Gasteiger partial charge on any atom is 0.270 e. The Bertz CT molecular complexity index is 1310. The molecule has 1 saturated heterocycles. The van der Waals surface area contributed by atoms with E-state index in [4.69, 9.17) is 0 Å². The van der Waals surface area contributed by atoms with Crippen molar-refractivity contribution in [2.45, 2.75) is 6.92 Å². The highest BCUT2D eigenvalue weighted by Gasteiger charge is 2.26. The molecule has 162 valence electrons. The zero-order valence-electron chi connectivity index (χ0n) is 17.5. The summed E-state index contributed by atoms with van der Waals surface area (Å²) in [6.45, 7) is 4.86. The lowest BCUT2D eigenvalue weighted by molar-refractivity contribution is -0.384. The largest absolute Gasteiger partial charge is 0.368 e. The molecule has 0 aliphatic carbocycles. The number of rotatable bonds is 4. The van der Waals surface area contributed by atoms with Crippen LogP contribution in [0.25, 0.3) is 16.2 Å². The number of carbonyl (C=O) groups excluding carboxylic acids is 1. The van der Waals surface area contributed by atoms with Crippen LogP contribution in [-0.2, 0) is 0 Å². The Morgan fingerprint density at radius 2 is 1.81 bits per heavy atom. The molecule has 2 aromatic heterocycles. The Morgan fingerprint density at radius 3 is 2.50 bits per heavy atom. The molecule has 0 atom stereocenters. The Morgan fingerprint density at radius 1 is 1.06 bits per heavy atom. The smallest absolute Gasteiger partial charge is 0.270 e. The summed E-state index contributed by atoms with van der Waals surface area (Å²) in [7, 11) is 0. The van der Waals surface area contributed by atoms with E-state index in [0.29, 0.717) is 34.2 Å². The molecule has 1 aliphatic heterocycles. The van der Waals surface area contributed by atoms with E-state index in [1.165, 1.54) is 29.2 Å². The van der Waals surface area contributed by atoms with Gasteiger partial charge in [-0.25, -0.2) is 4.98 Å². The summed E-state index contributed by atoms with van der Waals surface area (Å²) in [5.74, 6) is 0.0302. The molecule has 1 fully saturated rings. The molecule has 0 spiro atoms. The third-order valence-electron chi connectivity index (χ3n) is 5.79. The van der Waals surface area contributed by atoms with Crippen molar-refractivity contribution in [2.24, 2.45) is 0 Å². The van der Waals surface area contributed by atoms with Crippen LogP contribution in [-0.4, -0.2) is 51.3 Å². The average molecular weight is 448 g/mol. The minimum Gasteiger partial charge on any atom is -0.368 e. The van der Waals surface area contributed by atoms with Crippen molar-refractivity contribution in [1.29, 1.82) is 0 Å². The van der Waals surface area contributed by atoms with Crippen LogP contribution < -0.4 is 4.90 Å². The van der Waals surface area contributed by atoms with Gasteiger partial charge in [-0.1, -0.05) is 41.7 Å². The standard InChI is InChI=1S/C23H21N5O3S/c1-16-21(22(29)26-12-10-25(11-13-26)18-7-3-2-4-8-18)32-23-24-20(15-27(16)23)17-6-5-9-19(14-17)28(30)31/h2-9,14-15H,10-13H2,1H3. The van der Waals surface area contributed by atoms with E-state index < -0.39 is 4.92 Å². The molecule has 8 nitrogen and oxygen atoms in total. The van der Waals surface area contributed by atoms with Gasteiger partial charge in [0.05, 0.1) is 10.6 Å². The summed E-state index contributed by atoms with van der Waals surface area (Å²) >= 11 is 1.36. The highest BCUT2D eigenvalue weighted by molar-refractivity contribution is 7.19. The number of hydrogen-bond donors (Lipinski definition) is 0. The quantitative estimate of drug-likeness (QED) is 0.345. The SMILES string of the molecule is Cc1c(C(=O)N2CCN(c3ccccc3)CC2)sc2nc(-c3cccc([N+](=O)[O-])c3)cn12. The van der Waals surface area contributed by atoms with Crippen LogP contribution in [0, 0.1) is 17.0 Å². The zero-order valence-corrected chi connectivity index (χ0v) is 18.3. The average Bonchev–Trinajstić information content (AvgIpc) is 3.39. The fourth-order valence-corrected chi connectivity index (χ4v) is 5.09. The summed E-state index contributed by atoms with van der Waals surface area (Å²) in [5, 5.41) is 11.1. The topological polar surface area (TPSA) is 84.0 Å². The van der Waals surface area contributed by atoms with Gasteiger partial charge in [-0.2, -0.15) is 0 Å². The monoisotopic (exact) mass is 447 g/mol. The second kappa shape index (κ2) is 8.08. The molecule has 0 saturated carbocycles. The molecule has 32 heavy (non-hydrogen) atoms. The molecule has 0 radical (unpaired) electrons. The lowest BCUT2D eigenvalue weighted by Crippen LogP contribution is -2.48. The van der Waals surface area contributed by atoms with Gasteiger partial charge in [-0.05, 0) is 19.1 Å². The van der Waals surface area contributed by atoms with Crippen molar-refractivity contribution in [2.75, 3.05) is 31.1 Å². The van der Waals surface area contributed by atoms with E-state index in [1.807, 2.05) is 40.6 Å². The van der Waals surface area contributed by atoms with E-state index in [2.05, 4.69) is 22.0 Å². The first-order valence-corrected chi connectivity index (χ1v) is 11.2. The normalized spacial score (nSPS) is 14.2. The van der Waals surface area contributed by atoms with Crippen molar-refractivity contribution in [3.63, 3.8) is 0 Å². The fraction of sp³-hybridized carbons (Fsp3) is 0.217. The number of nitro groups is 1. The first-order chi connectivity index (χ1) is 15.5. The second-order valence-electron chi connectivity index (χ2n) is 7.72. The number of non-ortho nitro benzene ring substituents is 1. The van der Waals surface area contributed by atoms with Crippen LogP contribution >= 0.6 is 11.3 Å². The number of hydrogen-bond acceptors (Lipinski definition) is 6. The van der Waals surface area contributed by atoms with Gasteiger partial charge in [0.2, 0.25) is 0 Å². The van der Waals surface area contributed by atoms with Crippen LogP contribution in [0.3, 0.4) is 0 Å². The summed E-state index contributed by atoms with van der Waals surface area (Å²) in [6.07, 6.45) is 1.84. The molecular weight excluding hydrogens is 426 g/mol. The fourth-order valence-electron chi connectivity index (χ4n) is 4.02. The van der Waals surface area contributed by atoms with Gasteiger partial charge in [0.15, 0.2) is 4.96 Å². The number of piperazine rings is 1. The maximum atomic E-state index is 13.2. The summed E-state index contributed by atoms with van der Waals surface area (Å²) < 4.78 is 1.90. The van der Waals surface area contributed by atoms with Crippen LogP contribution in [0.5, 0.6) is 0 Å². The molecule has 4 aromatic rings. The molecule has 0 unspecified atom stereocenters. The van der Waals surface area contributed by atoms with Gasteiger partial charge < -0.3 is 9.80 Å². The first-order valence-electron chi connectivity index (χ1n) is 10.3. The molecule has 0 N–H and O–H groups in total. The maximum absolute atomic E-state index is 13.2. The summed E-state index contributed by atoms with van der Waals surface area (Å²) in [5.41, 5.74) is 3.38. The number of benzene rings is 2. The van der Waals surface area contributed by atoms with E-state index in [1.54, 1.807) is 12.1 Å². The lowest BCUT2D eigenvalue weighted by atomic mass is 10.1. The Hall–Kier alpha value is -3.72. The molecule has 1 amide bonds. The van der Waals surface area contributed by atoms with E-state index >= 15 is 0 Å². The van der Waals surface area contributed by atoms with Crippen molar-refractivity contribution in [1.82, 2.24) is 14.3 Å². The Balaban J connectivity index is 1.35. The summed E-state index contributed by atoms with van der Waals surface area (Å²) in [6, 6.07) is 16.7. The van der Waals surface area contributed by atoms with Crippen LogP contribution in [0.2, 0.25) is 0 Å². The number of amides is 1. The lowest BCUT2D eigenvalue weighted by Gasteiger charge is -2.36. The van der Waals surface area contributed by atoms with E-state index in [9.17, 15) is 14.9 Å². The number of nitro benzene ring substituents is 1. The van der Waals surface area contributed by atoms with Crippen molar-refractivity contribution < 1.29 is 9.72 Å². The number of anilines is 1. The highest BCUT2D eigenvalue weighted by atomic mass is 32.1. The third kappa shape index (κ3) is 3.60. The minimum absolute atomic E-state index is 0.0288. The Labute approximate surface area is 188 Å². The van der Waals surface area contributed by atoms with Gasteiger partial charge in [0.25, 0.3) is 11.6 Å². The highest BCUT2D eigenvalue weighted by Crippen LogP contribution is 2.30. The van der Waals surface area contributed by atoms with Crippen molar-refractivity contribution in [3.05, 3.63) is 81.5 Å². The summed E-state index contributed by atoms with van der Waals surface area (Å²) in [4.78, 5) is 34.1. The van der Waals surface area contributed by atoms with Gasteiger partial charge >= 0.3 is 0 Å². The van der Waals surface area contributed by atoms with E-state index in [0.717, 1.165) is 18.8 Å². The predicted octanol–water partition coefficient (Wildman–Crippen LogP) is 4.24. The third-order valence-corrected chi connectivity index (χ3v) is 6.94. The second-order valence-corrected chi connectivity index (χ2v) is 8.70. The van der Waals surface area contributed by atoms with Crippen molar-refractivity contribution >= 4 is 33.6 Å². The van der Waals surface area contributed by atoms with Gasteiger partial charge in [-0.15, -0.1) is 0 Å². The molecular formula is C23H21N5O3S. The van der Waals surface area contributed by atoms with Gasteiger partial charge in [0, 0.05) is 61.5 Å². The first kappa shape index (κ1) is 20.2. The minimum atomic E-state index is -0.415. The van der Waals surface area contributed by atoms with Gasteiger partial charge in [0.1, 0.15) is 4.88 Å². The van der Waals surface area contributed by atoms with Crippen LogP contribution in [0.4, 0.5) is 11.4 Å². The number of aryl methyl sites for hydroxylation is 1.